The highest BCUT2D eigenvalue weighted by molar-refractivity contribution is 7.89. The van der Waals surface area contributed by atoms with Gasteiger partial charge >= 0.3 is 0 Å². The molecule has 1 aromatic rings. The molecular weight excluding hydrogens is 266 g/mol. The minimum Gasteiger partial charge on any atom is -0.493 e. The van der Waals surface area contributed by atoms with Gasteiger partial charge in [0, 0.05) is 13.0 Å². The standard InChI is InChI=1S/C13H17NO4S/c15-13(5-1-6-13)9-14-19(16,17)11-2-3-12-10(8-11)4-7-18-12/h2-3,8,14-15H,1,4-7,9H2. The van der Waals surface area contributed by atoms with Crippen molar-refractivity contribution in [1.82, 2.24) is 4.72 Å². The van der Waals surface area contributed by atoms with Crippen LogP contribution in [0, 0.1) is 0 Å². The van der Waals surface area contributed by atoms with E-state index >= 15 is 0 Å². The van der Waals surface area contributed by atoms with Crippen molar-refractivity contribution in [2.45, 2.75) is 36.2 Å². The zero-order valence-electron chi connectivity index (χ0n) is 10.6. The van der Waals surface area contributed by atoms with Crippen LogP contribution in [0.5, 0.6) is 5.75 Å². The van der Waals surface area contributed by atoms with E-state index in [0.29, 0.717) is 19.4 Å². The van der Waals surface area contributed by atoms with Gasteiger partial charge in [0.05, 0.1) is 17.1 Å². The van der Waals surface area contributed by atoms with E-state index in [1.165, 1.54) is 6.07 Å². The number of benzene rings is 1. The Balaban J connectivity index is 1.76. The van der Waals surface area contributed by atoms with E-state index in [-0.39, 0.29) is 11.4 Å². The second-order valence-corrected chi connectivity index (χ2v) is 7.04. The van der Waals surface area contributed by atoms with Crippen LogP contribution in [0.25, 0.3) is 0 Å². The van der Waals surface area contributed by atoms with Gasteiger partial charge in [-0.15, -0.1) is 0 Å². The van der Waals surface area contributed by atoms with Gasteiger partial charge in [0.25, 0.3) is 0 Å². The van der Waals surface area contributed by atoms with Crippen LogP contribution in [0.1, 0.15) is 24.8 Å². The molecule has 0 saturated heterocycles. The molecule has 1 saturated carbocycles. The summed E-state index contributed by atoms with van der Waals surface area (Å²) in [7, 11) is -3.56. The minimum absolute atomic E-state index is 0.0862. The SMILES string of the molecule is O=S(=O)(NCC1(O)CCC1)c1ccc2c(c1)CCO2. The maximum absolute atomic E-state index is 12.2. The Morgan fingerprint density at radius 1 is 1.37 bits per heavy atom. The fourth-order valence-electron chi connectivity index (χ4n) is 2.40. The van der Waals surface area contributed by atoms with E-state index in [4.69, 9.17) is 4.74 Å². The van der Waals surface area contributed by atoms with E-state index in [0.717, 1.165) is 24.2 Å². The molecule has 0 spiro atoms. The Hall–Kier alpha value is -1.11. The number of ether oxygens (including phenoxy) is 1. The lowest BCUT2D eigenvalue weighted by Crippen LogP contribution is -2.47. The second-order valence-electron chi connectivity index (χ2n) is 5.27. The summed E-state index contributed by atoms with van der Waals surface area (Å²) in [6, 6.07) is 4.88. The van der Waals surface area contributed by atoms with E-state index in [1.54, 1.807) is 12.1 Å². The third-order valence-electron chi connectivity index (χ3n) is 3.85. The smallest absolute Gasteiger partial charge is 0.240 e. The van der Waals surface area contributed by atoms with Gasteiger partial charge in [-0.05, 0) is 43.0 Å². The molecule has 6 heteroatoms. The fraction of sp³-hybridized carbons (Fsp3) is 0.538. The highest BCUT2D eigenvalue weighted by Gasteiger charge is 2.35. The van der Waals surface area contributed by atoms with Crippen LogP contribution in [-0.2, 0) is 16.4 Å². The Bertz CT molecular complexity index is 593. The molecule has 1 aromatic carbocycles. The molecule has 5 nitrogen and oxygen atoms in total. The van der Waals surface area contributed by atoms with Crippen molar-refractivity contribution in [3.63, 3.8) is 0 Å². The zero-order valence-corrected chi connectivity index (χ0v) is 11.4. The summed E-state index contributed by atoms with van der Waals surface area (Å²) in [5.74, 6) is 0.761. The third kappa shape index (κ3) is 2.48. The van der Waals surface area contributed by atoms with E-state index in [9.17, 15) is 13.5 Å². The maximum atomic E-state index is 12.2. The summed E-state index contributed by atoms with van der Waals surface area (Å²) >= 11 is 0. The first-order valence-corrected chi connectivity index (χ1v) is 7.95. The molecule has 0 atom stereocenters. The Kier molecular flexibility index (Phi) is 3.03. The van der Waals surface area contributed by atoms with Crippen LogP contribution in [-0.4, -0.2) is 32.3 Å². The molecule has 0 amide bonds. The lowest BCUT2D eigenvalue weighted by Gasteiger charge is -2.36. The van der Waals surface area contributed by atoms with Crippen LogP contribution in [0.3, 0.4) is 0 Å². The minimum atomic E-state index is -3.56. The molecule has 1 aliphatic heterocycles. The van der Waals surface area contributed by atoms with Crippen LogP contribution in [0.4, 0.5) is 0 Å². The third-order valence-corrected chi connectivity index (χ3v) is 5.25. The first-order chi connectivity index (χ1) is 8.99. The Morgan fingerprint density at radius 3 is 2.84 bits per heavy atom. The van der Waals surface area contributed by atoms with Gasteiger partial charge in [-0.1, -0.05) is 0 Å². The van der Waals surface area contributed by atoms with Crippen molar-refractivity contribution in [1.29, 1.82) is 0 Å². The molecule has 1 fully saturated rings. The summed E-state index contributed by atoms with van der Waals surface area (Å²) < 4.78 is 32.2. The Morgan fingerprint density at radius 2 is 2.16 bits per heavy atom. The predicted molar refractivity (Wildman–Crippen MR) is 69.6 cm³/mol. The molecule has 1 aliphatic carbocycles. The Labute approximate surface area is 112 Å². The summed E-state index contributed by atoms with van der Waals surface area (Å²) in [6.45, 7) is 0.689. The maximum Gasteiger partial charge on any atom is 0.240 e. The van der Waals surface area contributed by atoms with Crippen LogP contribution in [0.15, 0.2) is 23.1 Å². The lowest BCUT2D eigenvalue weighted by molar-refractivity contribution is -0.0270. The number of fused-ring (bicyclic) bond motifs is 1. The molecule has 0 radical (unpaired) electrons. The van der Waals surface area contributed by atoms with Gasteiger partial charge < -0.3 is 9.84 Å². The molecule has 3 rings (SSSR count). The van der Waals surface area contributed by atoms with E-state index in [1.807, 2.05) is 0 Å². The molecular formula is C13H17NO4S. The van der Waals surface area contributed by atoms with Gasteiger partial charge in [0.15, 0.2) is 0 Å². The molecule has 2 N–H and O–H groups in total. The lowest BCUT2D eigenvalue weighted by atomic mass is 9.81. The number of hydrogen-bond acceptors (Lipinski definition) is 4. The summed E-state index contributed by atoms with van der Waals surface area (Å²) in [4.78, 5) is 0.236. The average molecular weight is 283 g/mol. The van der Waals surface area contributed by atoms with Crippen molar-refractivity contribution in [3.8, 4) is 5.75 Å². The highest BCUT2D eigenvalue weighted by Crippen LogP contribution is 2.31. The van der Waals surface area contributed by atoms with Crippen LogP contribution < -0.4 is 9.46 Å². The monoisotopic (exact) mass is 283 g/mol. The normalized spacial score (nSPS) is 20.5. The molecule has 19 heavy (non-hydrogen) atoms. The highest BCUT2D eigenvalue weighted by atomic mass is 32.2. The molecule has 0 bridgehead atoms. The molecule has 0 aromatic heterocycles. The van der Waals surface area contributed by atoms with Gasteiger partial charge in [-0.2, -0.15) is 0 Å². The number of hydrogen-bond donors (Lipinski definition) is 2. The van der Waals surface area contributed by atoms with Crippen molar-refractivity contribution in [3.05, 3.63) is 23.8 Å². The van der Waals surface area contributed by atoms with Crippen LogP contribution in [0.2, 0.25) is 0 Å². The van der Waals surface area contributed by atoms with Gasteiger partial charge in [0.2, 0.25) is 10.0 Å². The summed E-state index contributed by atoms with van der Waals surface area (Å²) in [6.07, 6.45) is 3.01. The largest absolute Gasteiger partial charge is 0.493 e. The summed E-state index contributed by atoms with van der Waals surface area (Å²) in [5.41, 5.74) is 0.0673. The second kappa shape index (κ2) is 4.47. The first kappa shape index (κ1) is 12.9. The van der Waals surface area contributed by atoms with E-state index < -0.39 is 15.6 Å². The number of rotatable bonds is 4. The van der Waals surface area contributed by atoms with Crippen molar-refractivity contribution in [2.75, 3.05) is 13.2 Å². The topological polar surface area (TPSA) is 75.6 Å². The van der Waals surface area contributed by atoms with Gasteiger partial charge in [-0.25, -0.2) is 13.1 Å². The molecule has 0 unspecified atom stereocenters. The van der Waals surface area contributed by atoms with Crippen LogP contribution >= 0.6 is 0 Å². The van der Waals surface area contributed by atoms with Crippen molar-refractivity contribution >= 4 is 10.0 Å². The van der Waals surface area contributed by atoms with Crippen molar-refractivity contribution < 1.29 is 18.3 Å². The number of aliphatic hydroxyl groups is 1. The first-order valence-electron chi connectivity index (χ1n) is 6.46. The molecule has 2 aliphatic rings. The molecule has 104 valence electrons. The predicted octanol–water partition coefficient (Wildman–Crippen LogP) is 0.815. The number of nitrogens with one attached hydrogen (secondary N) is 1. The zero-order chi connectivity index (χ0) is 13.5. The summed E-state index contributed by atoms with van der Waals surface area (Å²) in [5, 5.41) is 9.93. The average Bonchev–Trinajstić information content (AvgIpc) is 2.81. The fourth-order valence-corrected chi connectivity index (χ4v) is 3.57. The quantitative estimate of drug-likeness (QED) is 0.857. The van der Waals surface area contributed by atoms with Crippen molar-refractivity contribution in [2.24, 2.45) is 0 Å². The molecule has 1 heterocycles. The number of sulfonamides is 1. The van der Waals surface area contributed by atoms with Gasteiger partial charge in [0.1, 0.15) is 5.75 Å². The van der Waals surface area contributed by atoms with Gasteiger partial charge in [-0.3, -0.25) is 0 Å². The van der Waals surface area contributed by atoms with E-state index in [2.05, 4.69) is 4.72 Å².